The molecule has 1 aliphatic heterocycles. The highest BCUT2D eigenvalue weighted by molar-refractivity contribution is 4.84. The lowest BCUT2D eigenvalue weighted by Gasteiger charge is -2.18. The summed E-state index contributed by atoms with van der Waals surface area (Å²) in [6, 6.07) is 0. The van der Waals surface area contributed by atoms with Crippen LogP contribution in [0.15, 0.2) is 12.2 Å². The van der Waals surface area contributed by atoms with Crippen molar-refractivity contribution in [1.29, 1.82) is 0 Å². The Hall–Kier alpha value is -0.490. The Morgan fingerprint density at radius 2 is 1.63 bits per heavy atom. The van der Waals surface area contributed by atoms with E-state index in [0.717, 1.165) is 25.9 Å². The number of allylic oxidation sites excluding steroid dienone is 1. The molecule has 0 saturated carbocycles. The summed E-state index contributed by atoms with van der Waals surface area (Å²) in [4.78, 5) is 0. The maximum absolute atomic E-state index is 11.7. The quantitative estimate of drug-likeness (QED) is 0.452. The molecule has 1 atom stereocenters. The molecular weight excluding hydrogens is 251 g/mol. The van der Waals surface area contributed by atoms with Crippen LogP contribution in [0.3, 0.4) is 0 Å². The SMILES string of the molecule is FCCOCCOCCOC[C@H]1CC/C=C/CCO1. The minimum Gasteiger partial charge on any atom is -0.377 e. The Kier molecular flexibility index (Phi) is 10.9. The van der Waals surface area contributed by atoms with Crippen molar-refractivity contribution in [3.63, 3.8) is 0 Å². The standard InChI is InChI=1S/C14H25FO4/c15-6-8-16-9-10-17-11-12-18-13-14-5-3-1-2-4-7-19-14/h1-2,14H,3-13H2/b2-1+/t14-/m1/s1. The third-order valence-electron chi connectivity index (χ3n) is 2.73. The van der Waals surface area contributed by atoms with Gasteiger partial charge in [0.15, 0.2) is 0 Å². The number of rotatable bonds is 10. The fourth-order valence-electron chi connectivity index (χ4n) is 1.74. The smallest absolute Gasteiger partial charge is 0.113 e. The Bertz CT molecular complexity index is 223. The first-order valence-electron chi connectivity index (χ1n) is 6.99. The van der Waals surface area contributed by atoms with Crippen LogP contribution >= 0.6 is 0 Å². The molecular formula is C14H25FO4. The number of halogens is 1. The van der Waals surface area contributed by atoms with E-state index in [-0.39, 0.29) is 12.7 Å². The van der Waals surface area contributed by atoms with Gasteiger partial charge in [-0.15, -0.1) is 0 Å². The van der Waals surface area contributed by atoms with E-state index in [2.05, 4.69) is 12.2 Å². The molecule has 0 aliphatic carbocycles. The lowest BCUT2D eigenvalue weighted by Crippen LogP contribution is -2.22. The second kappa shape index (κ2) is 12.5. The fourth-order valence-corrected chi connectivity index (χ4v) is 1.74. The van der Waals surface area contributed by atoms with Gasteiger partial charge in [0.1, 0.15) is 6.67 Å². The van der Waals surface area contributed by atoms with Crippen LogP contribution in [0, 0.1) is 0 Å². The molecule has 112 valence electrons. The van der Waals surface area contributed by atoms with Crippen molar-refractivity contribution >= 4 is 0 Å². The van der Waals surface area contributed by atoms with E-state index in [9.17, 15) is 4.39 Å². The van der Waals surface area contributed by atoms with Gasteiger partial charge in [-0.3, -0.25) is 0 Å². The van der Waals surface area contributed by atoms with Crippen LogP contribution in [-0.4, -0.2) is 59.0 Å². The summed E-state index contributed by atoms with van der Waals surface area (Å²) < 4.78 is 33.1. The summed E-state index contributed by atoms with van der Waals surface area (Å²) in [5.74, 6) is 0. The molecule has 0 bridgehead atoms. The zero-order valence-corrected chi connectivity index (χ0v) is 11.5. The molecule has 4 nitrogen and oxygen atoms in total. The maximum atomic E-state index is 11.7. The maximum Gasteiger partial charge on any atom is 0.113 e. The van der Waals surface area contributed by atoms with Crippen molar-refractivity contribution < 1.29 is 23.3 Å². The Balaban J connectivity index is 1.85. The van der Waals surface area contributed by atoms with Gasteiger partial charge in [0.2, 0.25) is 0 Å². The van der Waals surface area contributed by atoms with Gasteiger partial charge in [-0.05, 0) is 19.3 Å². The monoisotopic (exact) mass is 276 g/mol. The van der Waals surface area contributed by atoms with Gasteiger partial charge in [-0.2, -0.15) is 0 Å². The second-order valence-electron chi connectivity index (χ2n) is 4.32. The van der Waals surface area contributed by atoms with Gasteiger partial charge >= 0.3 is 0 Å². The lowest BCUT2D eigenvalue weighted by molar-refractivity contribution is -0.0384. The average molecular weight is 276 g/mol. The first kappa shape index (κ1) is 16.6. The van der Waals surface area contributed by atoms with Crippen LogP contribution in [0.25, 0.3) is 0 Å². The third kappa shape index (κ3) is 10.0. The molecule has 0 fully saturated rings. The average Bonchev–Trinajstić information content (AvgIpc) is 2.39. The van der Waals surface area contributed by atoms with E-state index < -0.39 is 6.67 Å². The van der Waals surface area contributed by atoms with E-state index in [1.54, 1.807) is 0 Å². The molecule has 1 heterocycles. The van der Waals surface area contributed by atoms with Crippen molar-refractivity contribution in [1.82, 2.24) is 0 Å². The molecule has 0 N–H and O–H groups in total. The molecule has 0 aromatic heterocycles. The third-order valence-corrected chi connectivity index (χ3v) is 2.73. The molecule has 0 amide bonds. The van der Waals surface area contributed by atoms with Crippen LogP contribution in [0.4, 0.5) is 4.39 Å². The molecule has 19 heavy (non-hydrogen) atoms. The van der Waals surface area contributed by atoms with Gasteiger partial charge in [-0.25, -0.2) is 4.39 Å². The zero-order chi connectivity index (χ0) is 13.6. The normalized spacial score (nSPS) is 21.8. The van der Waals surface area contributed by atoms with Gasteiger partial charge in [-0.1, -0.05) is 12.2 Å². The summed E-state index contributed by atoms with van der Waals surface area (Å²) in [5.41, 5.74) is 0. The van der Waals surface area contributed by atoms with Crippen molar-refractivity contribution in [3.05, 3.63) is 12.2 Å². The van der Waals surface area contributed by atoms with Crippen molar-refractivity contribution in [2.24, 2.45) is 0 Å². The zero-order valence-electron chi connectivity index (χ0n) is 11.5. The number of alkyl halides is 1. The molecule has 0 radical (unpaired) electrons. The van der Waals surface area contributed by atoms with Crippen LogP contribution < -0.4 is 0 Å². The van der Waals surface area contributed by atoms with Gasteiger partial charge in [0.05, 0.1) is 52.4 Å². The predicted molar refractivity (Wildman–Crippen MR) is 71.2 cm³/mol. The van der Waals surface area contributed by atoms with Gasteiger partial charge in [0.25, 0.3) is 0 Å². The van der Waals surface area contributed by atoms with E-state index in [0.29, 0.717) is 33.0 Å². The Morgan fingerprint density at radius 1 is 0.947 bits per heavy atom. The summed E-state index contributed by atoms with van der Waals surface area (Å²) in [7, 11) is 0. The summed E-state index contributed by atoms with van der Waals surface area (Å²) in [6.07, 6.45) is 7.60. The summed E-state index contributed by atoms with van der Waals surface area (Å²) in [5, 5.41) is 0. The van der Waals surface area contributed by atoms with E-state index in [1.165, 1.54) is 0 Å². The Morgan fingerprint density at radius 3 is 2.42 bits per heavy atom. The van der Waals surface area contributed by atoms with Crippen molar-refractivity contribution in [2.45, 2.75) is 25.4 Å². The number of ether oxygens (including phenoxy) is 4. The van der Waals surface area contributed by atoms with Crippen LogP contribution in [0.1, 0.15) is 19.3 Å². The number of hydrogen-bond acceptors (Lipinski definition) is 4. The molecule has 0 saturated heterocycles. The largest absolute Gasteiger partial charge is 0.377 e. The van der Waals surface area contributed by atoms with Crippen molar-refractivity contribution in [3.8, 4) is 0 Å². The van der Waals surface area contributed by atoms with E-state index in [1.807, 2.05) is 0 Å². The predicted octanol–water partition coefficient (Wildman–Crippen LogP) is 2.13. The number of hydrogen-bond donors (Lipinski definition) is 0. The highest BCUT2D eigenvalue weighted by Gasteiger charge is 2.09. The highest BCUT2D eigenvalue weighted by atomic mass is 19.1. The van der Waals surface area contributed by atoms with Crippen molar-refractivity contribution in [2.75, 3.05) is 52.9 Å². The van der Waals surface area contributed by atoms with E-state index in [4.69, 9.17) is 18.9 Å². The second-order valence-corrected chi connectivity index (χ2v) is 4.32. The lowest BCUT2D eigenvalue weighted by atomic mass is 10.1. The molecule has 0 aromatic carbocycles. The molecule has 0 spiro atoms. The van der Waals surface area contributed by atoms with Crippen LogP contribution in [0.2, 0.25) is 0 Å². The van der Waals surface area contributed by atoms with Gasteiger partial charge in [0, 0.05) is 0 Å². The first-order chi connectivity index (χ1) is 9.43. The minimum absolute atomic E-state index is 0.146. The molecule has 1 rings (SSSR count). The topological polar surface area (TPSA) is 36.9 Å². The Labute approximate surface area is 114 Å². The molecule has 1 aliphatic rings. The van der Waals surface area contributed by atoms with Crippen LogP contribution in [0.5, 0.6) is 0 Å². The highest BCUT2D eigenvalue weighted by Crippen LogP contribution is 2.08. The molecule has 5 heteroatoms. The summed E-state index contributed by atoms with van der Waals surface area (Å²) >= 11 is 0. The molecule has 0 aromatic rings. The van der Waals surface area contributed by atoms with E-state index >= 15 is 0 Å². The molecule has 0 unspecified atom stereocenters. The fraction of sp³-hybridized carbons (Fsp3) is 0.857. The summed E-state index contributed by atoms with van der Waals surface area (Å²) in [6.45, 7) is 3.09. The minimum atomic E-state index is -0.445. The van der Waals surface area contributed by atoms with Crippen LogP contribution in [-0.2, 0) is 18.9 Å². The first-order valence-corrected chi connectivity index (χ1v) is 6.99. The van der Waals surface area contributed by atoms with Gasteiger partial charge < -0.3 is 18.9 Å².